The molecule has 1 heterocycles. The highest BCUT2D eigenvalue weighted by Crippen LogP contribution is 2.39. The third kappa shape index (κ3) is 4.16. The van der Waals surface area contributed by atoms with Crippen LogP contribution in [-0.4, -0.2) is 24.4 Å². The highest BCUT2D eigenvalue weighted by molar-refractivity contribution is 7.92. The Morgan fingerprint density at radius 3 is 2.43 bits per heavy atom. The van der Waals surface area contributed by atoms with E-state index in [2.05, 4.69) is 25.3 Å². The number of H-pyrrole nitrogens is 1. The lowest BCUT2D eigenvalue weighted by molar-refractivity contribution is 0.176. The van der Waals surface area contributed by atoms with Crippen molar-refractivity contribution in [3.63, 3.8) is 0 Å². The van der Waals surface area contributed by atoms with Crippen molar-refractivity contribution in [1.29, 1.82) is 0 Å². The third-order valence-electron chi connectivity index (χ3n) is 5.14. The smallest absolute Gasteiger partial charge is 0.320 e. The van der Waals surface area contributed by atoms with Crippen molar-refractivity contribution in [3.05, 3.63) is 72.3 Å². The van der Waals surface area contributed by atoms with E-state index in [-0.39, 0.29) is 4.90 Å². The van der Waals surface area contributed by atoms with E-state index < -0.39 is 21.6 Å². The zero-order valence-electron chi connectivity index (χ0n) is 16.5. The van der Waals surface area contributed by atoms with Crippen molar-refractivity contribution >= 4 is 27.4 Å². The molecule has 1 aliphatic carbocycles. The summed E-state index contributed by atoms with van der Waals surface area (Å²) in [5.74, 6) is 0.741. The maximum atomic E-state index is 12.7. The zero-order chi connectivity index (χ0) is 21.2. The van der Waals surface area contributed by atoms with Gasteiger partial charge in [0.1, 0.15) is 5.82 Å². The van der Waals surface area contributed by atoms with Gasteiger partial charge in [-0.15, -0.1) is 0 Å². The monoisotopic (exact) mass is 425 g/mol. The van der Waals surface area contributed by atoms with Gasteiger partial charge < -0.3 is 15.6 Å². The maximum absolute atomic E-state index is 12.7. The van der Waals surface area contributed by atoms with Gasteiger partial charge in [-0.05, 0) is 56.5 Å². The molecule has 0 saturated heterocycles. The number of aromatic amines is 1. The lowest BCUT2D eigenvalue weighted by Gasteiger charge is -2.40. The number of nitrogens with one attached hydrogen (secondary N) is 4. The zero-order valence-corrected chi connectivity index (χ0v) is 17.3. The number of aromatic nitrogens is 2. The van der Waals surface area contributed by atoms with Gasteiger partial charge in [-0.1, -0.05) is 24.3 Å². The van der Waals surface area contributed by atoms with Gasteiger partial charge >= 0.3 is 6.03 Å². The Balaban J connectivity index is 1.47. The Morgan fingerprint density at radius 2 is 1.80 bits per heavy atom. The van der Waals surface area contributed by atoms with E-state index >= 15 is 0 Å². The minimum Gasteiger partial charge on any atom is -0.344 e. The molecule has 4 N–H and O–H groups in total. The molecular weight excluding hydrogens is 402 g/mol. The average molecular weight is 426 g/mol. The van der Waals surface area contributed by atoms with Crippen LogP contribution in [0.5, 0.6) is 0 Å². The molecule has 1 aliphatic rings. The first kappa shape index (κ1) is 20.0. The van der Waals surface area contributed by atoms with E-state index in [0.717, 1.165) is 30.8 Å². The van der Waals surface area contributed by atoms with E-state index in [0.29, 0.717) is 11.4 Å². The fraction of sp³-hybridized carbons (Fsp3) is 0.238. The van der Waals surface area contributed by atoms with Crippen molar-refractivity contribution in [2.75, 3.05) is 10.0 Å². The SMILES string of the molecule is Cc1cnc(C2(NC(=O)Nc3cccc(S(=O)(=O)Nc4ccccc4)c3)CCC2)[nH]1. The summed E-state index contributed by atoms with van der Waals surface area (Å²) >= 11 is 0. The summed E-state index contributed by atoms with van der Waals surface area (Å²) in [4.78, 5) is 20.3. The maximum Gasteiger partial charge on any atom is 0.320 e. The van der Waals surface area contributed by atoms with Gasteiger partial charge in [0.15, 0.2) is 0 Å². The van der Waals surface area contributed by atoms with Crippen LogP contribution in [0.4, 0.5) is 16.2 Å². The van der Waals surface area contributed by atoms with Crippen LogP contribution in [0.1, 0.15) is 30.8 Å². The molecule has 1 saturated carbocycles. The molecule has 0 unspecified atom stereocenters. The number of imidazole rings is 1. The molecule has 2 aromatic carbocycles. The van der Waals surface area contributed by atoms with E-state index in [1.165, 1.54) is 12.1 Å². The van der Waals surface area contributed by atoms with E-state index in [9.17, 15) is 13.2 Å². The van der Waals surface area contributed by atoms with Crippen LogP contribution < -0.4 is 15.4 Å². The fourth-order valence-corrected chi connectivity index (χ4v) is 4.55. The van der Waals surface area contributed by atoms with Crippen LogP contribution >= 0.6 is 0 Å². The summed E-state index contributed by atoms with van der Waals surface area (Å²) in [7, 11) is -3.78. The number of hydrogen-bond donors (Lipinski definition) is 4. The Kier molecular flexibility index (Phi) is 5.21. The standard InChI is InChI=1S/C21H23N5O3S/c1-15-14-22-19(23-15)21(11-6-12-21)25-20(27)24-17-9-5-10-18(13-17)30(28,29)26-16-7-3-2-4-8-16/h2-5,7-10,13-14,26H,6,11-12H2,1H3,(H,22,23)(H2,24,25,27). The predicted molar refractivity (Wildman–Crippen MR) is 115 cm³/mol. The Labute approximate surface area is 175 Å². The van der Waals surface area contributed by atoms with E-state index in [1.54, 1.807) is 48.7 Å². The van der Waals surface area contributed by atoms with Gasteiger partial charge in [0.05, 0.1) is 10.4 Å². The predicted octanol–water partition coefficient (Wildman–Crippen LogP) is 3.72. The van der Waals surface area contributed by atoms with Gasteiger partial charge in [-0.25, -0.2) is 18.2 Å². The largest absolute Gasteiger partial charge is 0.344 e. The van der Waals surface area contributed by atoms with Crippen LogP contribution in [0.2, 0.25) is 0 Å². The summed E-state index contributed by atoms with van der Waals surface area (Å²) in [6.07, 6.45) is 4.33. The molecule has 8 nitrogen and oxygen atoms in total. The molecule has 0 radical (unpaired) electrons. The number of aryl methyl sites for hydroxylation is 1. The first-order chi connectivity index (χ1) is 14.4. The van der Waals surface area contributed by atoms with Crippen LogP contribution in [0.25, 0.3) is 0 Å². The minimum absolute atomic E-state index is 0.0594. The molecular formula is C21H23N5O3S. The molecule has 2 amide bonds. The highest BCUT2D eigenvalue weighted by atomic mass is 32.2. The number of para-hydroxylation sites is 1. The Hall–Kier alpha value is -3.33. The highest BCUT2D eigenvalue weighted by Gasteiger charge is 2.42. The molecule has 156 valence electrons. The first-order valence-electron chi connectivity index (χ1n) is 9.66. The summed E-state index contributed by atoms with van der Waals surface area (Å²) in [6.45, 7) is 1.92. The first-order valence-corrected chi connectivity index (χ1v) is 11.1. The second kappa shape index (κ2) is 7.83. The van der Waals surface area contributed by atoms with Crippen molar-refractivity contribution in [2.45, 2.75) is 36.6 Å². The van der Waals surface area contributed by atoms with Crippen LogP contribution in [0.3, 0.4) is 0 Å². The summed E-state index contributed by atoms with van der Waals surface area (Å²) in [6, 6.07) is 14.4. The molecule has 1 aromatic heterocycles. The van der Waals surface area contributed by atoms with Crippen LogP contribution in [0, 0.1) is 6.92 Å². The normalized spacial score (nSPS) is 15.1. The number of anilines is 2. The van der Waals surface area contributed by atoms with Gasteiger partial charge in [-0.2, -0.15) is 0 Å². The number of sulfonamides is 1. The molecule has 9 heteroatoms. The second-order valence-corrected chi connectivity index (χ2v) is 9.11. The lowest BCUT2D eigenvalue weighted by atomic mass is 9.76. The molecule has 4 rings (SSSR count). The molecule has 1 fully saturated rings. The van der Waals surface area contributed by atoms with E-state index in [4.69, 9.17) is 0 Å². The third-order valence-corrected chi connectivity index (χ3v) is 6.52. The number of urea groups is 1. The van der Waals surface area contributed by atoms with Crippen LogP contribution in [0.15, 0.2) is 65.7 Å². The molecule has 30 heavy (non-hydrogen) atoms. The van der Waals surface area contributed by atoms with E-state index in [1.807, 2.05) is 6.92 Å². The minimum atomic E-state index is -3.78. The van der Waals surface area contributed by atoms with Crippen molar-refractivity contribution in [3.8, 4) is 0 Å². The van der Waals surface area contributed by atoms with Gasteiger partial charge in [0.25, 0.3) is 10.0 Å². The number of rotatable bonds is 6. The Morgan fingerprint density at radius 1 is 1.07 bits per heavy atom. The summed E-state index contributed by atoms with van der Waals surface area (Å²) < 4.78 is 27.8. The number of hydrogen-bond acceptors (Lipinski definition) is 4. The lowest BCUT2D eigenvalue weighted by Crippen LogP contribution is -2.52. The van der Waals surface area contributed by atoms with Crippen molar-refractivity contribution in [2.24, 2.45) is 0 Å². The average Bonchev–Trinajstić information content (AvgIpc) is 3.12. The van der Waals surface area contributed by atoms with Gasteiger partial charge in [-0.3, -0.25) is 4.72 Å². The van der Waals surface area contributed by atoms with Gasteiger partial charge in [0, 0.05) is 23.3 Å². The van der Waals surface area contributed by atoms with Gasteiger partial charge in [0.2, 0.25) is 0 Å². The summed E-state index contributed by atoms with van der Waals surface area (Å²) in [5.41, 5.74) is 1.27. The second-order valence-electron chi connectivity index (χ2n) is 7.43. The van der Waals surface area contributed by atoms with Crippen molar-refractivity contribution < 1.29 is 13.2 Å². The topological polar surface area (TPSA) is 116 Å². The number of benzene rings is 2. The number of nitrogens with zero attached hydrogens (tertiary/aromatic N) is 1. The summed E-state index contributed by atoms with van der Waals surface area (Å²) in [5, 5.41) is 5.73. The quantitative estimate of drug-likeness (QED) is 0.482. The van der Waals surface area contributed by atoms with Crippen LogP contribution in [-0.2, 0) is 15.6 Å². The molecule has 0 atom stereocenters. The molecule has 0 spiro atoms. The number of carbonyl (C=O) groups is 1. The number of carbonyl (C=O) groups excluding carboxylic acids is 1. The number of amides is 2. The fourth-order valence-electron chi connectivity index (χ4n) is 3.45. The van der Waals surface area contributed by atoms with Crippen molar-refractivity contribution in [1.82, 2.24) is 15.3 Å². The molecule has 3 aromatic rings. The Bertz CT molecular complexity index is 1150. The molecule has 0 aliphatic heterocycles. The molecule has 0 bridgehead atoms.